The normalized spacial score (nSPS) is 10.8. The monoisotopic (exact) mass is 242 g/mol. The van der Waals surface area contributed by atoms with Crippen molar-refractivity contribution in [3.8, 4) is 0 Å². The molecule has 0 aliphatic heterocycles. The van der Waals surface area contributed by atoms with Crippen LogP contribution in [0, 0.1) is 0 Å². The average Bonchev–Trinajstić information content (AvgIpc) is 2.74. The summed E-state index contributed by atoms with van der Waals surface area (Å²) in [6, 6.07) is 10.2. The van der Waals surface area contributed by atoms with Gasteiger partial charge in [0.25, 0.3) is 0 Å². The van der Waals surface area contributed by atoms with Crippen LogP contribution in [0.15, 0.2) is 52.8 Å². The second-order valence-corrected chi connectivity index (χ2v) is 4.60. The number of nitrogens with two attached hydrogens (primary N) is 1. The predicted molar refractivity (Wildman–Crippen MR) is 68.9 cm³/mol. The number of nitrogens with zero attached hydrogens (tertiary/aromatic N) is 2. The van der Waals surface area contributed by atoms with Gasteiger partial charge in [-0.05, 0) is 23.9 Å². The molecule has 84 valence electrons. The Balaban J connectivity index is 1.98. The molecule has 0 fully saturated rings. The van der Waals surface area contributed by atoms with Crippen LogP contribution < -0.4 is 5.73 Å². The number of benzene rings is 1. The molecule has 2 aromatic heterocycles. The van der Waals surface area contributed by atoms with Crippen LogP contribution in [0.3, 0.4) is 0 Å². The molecule has 3 rings (SSSR count). The van der Waals surface area contributed by atoms with E-state index in [0.29, 0.717) is 5.82 Å². The Bertz CT molecular complexity index is 629. The van der Waals surface area contributed by atoms with Crippen LogP contribution in [0.1, 0.15) is 0 Å². The molecule has 0 unspecified atom stereocenters. The van der Waals surface area contributed by atoms with E-state index in [2.05, 4.69) is 27.1 Å². The third-order valence-corrected chi connectivity index (χ3v) is 3.35. The summed E-state index contributed by atoms with van der Waals surface area (Å²) in [6.07, 6.45) is 3.23. The molecule has 0 saturated carbocycles. The second kappa shape index (κ2) is 4.10. The predicted octanol–water partition coefficient (Wildman–Crippen LogP) is 2.69. The molecule has 4 nitrogen and oxygen atoms in total. The molecule has 5 heteroatoms. The summed E-state index contributed by atoms with van der Waals surface area (Å²) >= 11 is 1.49. The van der Waals surface area contributed by atoms with E-state index in [1.807, 2.05) is 18.2 Å². The lowest BCUT2D eigenvalue weighted by molar-refractivity contribution is 1.06. The fourth-order valence-corrected chi connectivity index (χ4v) is 2.45. The summed E-state index contributed by atoms with van der Waals surface area (Å²) < 4.78 is 0. The van der Waals surface area contributed by atoms with Gasteiger partial charge in [0.2, 0.25) is 0 Å². The number of nitrogens with one attached hydrogen (secondary N) is 1. The van der Waals surface area contributed by atoms with Crippen LogP contribution in [0.25, 0.3) is 10.9 Å². The van der Waals surface area contributed by atoms with Crippen molar-refractivity contribution in [2.45, 2.75) is 10.1 Å². The Hall–Kier alpha value is -2.01. The van der Waals surface area contributed by atoms with E-state index in [1.165, 1.54) is 17.1 Å². The van der Waals surface area contributed by atoms with Crippen LogP contribution in [0.2, 0.25) is 0 Å². The molecule has 0 aliphatic carbocycles. The molecule has 0 saturated heterocycles. The summed E-state index contributed by atoms with van der Waals surface area (Å²) in [5, 5.41) is 2.91. The lowest BCUT2D eigenvalue weighted by Gasteiger charge is -1.99. The van der Waals surface area contributed by atoms with Crippen molar-refractivity contribution in [2.24, 2.45) is 0 Å². The minimum absolute atomic E-state index is 0.455. The molecule has 0 amide bonds. The second-order valence-electron chi connectivity index (χ2n) is 3.57. The van der Waals surface area contributed by atoms with Gasteiger partial charge in [-0.25, -0.2) is 9.97 Å². The van der Waals surface area contributed by atoms with Gasteiger partial charge < -0.3 is 10.7 Å². The quantitative estimate of drug-likeness (QED) is 0.725. The first-order valence-electron chi connectivity index (χ1n) is 5.15. The number of aromatic amines is 1. The first kappa shape index (κ1) is 10.2. The van der Waals surface area contributed by atoms with Gasteiger partial charge in [0.05, 0.1) is 5.03 Å². The summed E-state index contributed by atoms with van der Waals surface area (Å²) in [7, 11) is 0. The zero-order valence-electron chi connectivity index (χ0n) is 8.92. The number of nitrogen functional groups attached to an aromatic ring is 1. The van der Waals surface area contributed by atoms with Crippen molar-refractivity contribution < 1.29 is 0 Å². The van der Waals surface area contributed by atoms with Crippen LogP contribution >= 0.6 is 11.8 Å². The van der Waals surface area contributed by atoms with E-state index in [-0.39, 0.29) is 0 Å². The minimum atomic E-state index is 0.455. The lowest BCUT2D eigenvalue weighted by Crippen LogP contribution is -1.94. The highest BCUT2D eigenvalue weighted by molar-refractivity contribution is 7.99. The SMILES string of the molecule is Nc1nccnc1Sc1cc2ccccc2[nH]1. The van der Waals surface area contributed by atoms with Gasteiger partial charge in [-0.15, -0.1) is 0 Å². The number of H-pyrrole nitrogens is 1. The van der Waals surface area contributed by atoms with Gasteiger partial charge in [-0.2, -0.15) is 0 Å². The smallest absolute Gasteiger partial charge is 0.156 e. The van der Waals surface area contributed by atoms with Crippen molar-refractivity contribution in [3.05, 3.63) is 42.7 Å². The largest absolute Gasteiger partial charge is 0.381 e. The molecule has 2 heterocycles. The minimum Gasteiger partial charge on any atom is -0.381 e. The van der Waals surface area contributed by atoms with E-state index in [4.69, 9.17) is 5.73 Å². The van der Waals surface area contributed by atoms with E-state index in [0.717, 1.165) is 15.6 Å². The lowest BCUT2D eigenvalue weighted by atomic mass is 10.3. The molecule has 0 radical (unpaired) electrons. The molecule has 0 spiro atoms. The number of rotatable bonds is 2. The van der Waals surface area contributed by atoms with Crippen molar-refractivity contribution in [1.29, 1.82) is 0 Å². The first-order chi connectivity index (χ1) is 8.33. The Kier molecular flexibility index (Phi) is 2.45. The maximum Gasteiger partial charge on any atom is 0.156 e. The van der Waals surface area contributed by atoms with Crippen LogP contribution in [-0.4, -0.2) is 15.0 Å². The molecule has 3 N–H and O–H groups in total. The van der Waals surface area contributed by atoms with Gasteiger partial charge in [-0.3, -0.25) is 0 Å². The Morgan fingerprint density at radius 1 is 1.12 bits per heavy atom. The molecular weight excluding hydrogens is 232 g/mol. The average molecular weight is 242 g/mol. The van der Waals surface area contributed by atoms with Crippen molar-refractivity contribution in [3.63, 3.8) is 0 Å². The Labute approximate surface area is 102 Å². The highest BCUT2D eigenvalue weighted by Gasteiger charge is 2.06. The zero-order valence-corrected chi connectivity index (χ0v) is 9.74. The van der Waals surface area contributed by atoms with Crippen LogP contribution in [0.5, 0.6) is 0 Å². The molecule has 0 atom stereocenters. The molecule has 0 aliphatic rings. The number of aromatic nitrogens is 3. The summed E-state index contributed by atoms with van der Waals surface area (Å²) in [6.45, 7) is 0. The molecule has 0 bridgehead atoms. The molecular formula is C12H10N4S. The fraction of sp³-hybridized carbons (Fsp3) is 0. The Morgan fingerprint density at radius 3 is 2.76 bits per heavy atom. The van der Waals surface area contributed by atoms with E-state index in [9.17, 15) is 0 Å². The van der Waals surface area contributed by atoms with Crippen molar-refractivity contribution in [1.82, 2.24) is 15.0 Å². The van der Waals surface area contributed by atoms with Gasteiger partial charge in [-0.1, -0.05) is 18.2 Å². The number of fused-ring (bicyclic) bond motifs is 1. The van der Waals surface area contributed by atoms with E-state index < -0.39 is 0 Å². The number of hydrogen-bond donors (Lipinski definition) is 2. The fourth-order valence-electron chi connectivity index (χ4n) is 1.62. The van der Waals surface area contributed by atoms with Gasteiger partial charge in [0.15, 0.2) is 5.82 Å². The standard InChI is InChI=1S/C12H10N4S/c13-11-12(15-6-5-14-11)17-10-7-8-3-1-2-4-9(8)16-10/h1-7,16H,(H2,13,14). The highest BCUT2D eigenvalue weighted by atomic mass is 32.2. The third kappa shape index (κ3) is 1.97. The van der Waals surface area contributed by atoms with Gasteiger partial charge in [0.1, 0.15) is 5.03 Å². The summed E-state index contributed by atoms with van der Waals surface area (Å²) in [4.78, 5) is 11.5. The van der Waals surface area contributed by atoms with Gasteiger partial charge in [0, 0.05) is 23.3 Å². The first-order valence-corrected chi connectivity index (χ1v) is 5.97. The van der Waals surface area contributed by atoms with Crippen LogP contribution in [-0.2, 0) is 0 Å². The van der Waals surface area contributed by atoms with Crippen LogP contribution in [0.4, 0.5) is 5.82 Å². The zero-order chi connectivity index (χ0) is 11.7. The maximum absolute atomic E-state index is 5.75. The number of hydrogen-bond acceptors (Lipinski definition) is 4. The highest BCUT2D eigenvalue weighted by Crippen LogP contribution is 2.30. The molecule has 3 aromatic rings. The van der Waals surface area contributed by atoms with Crippen molar-refractivity contribution >= 4 is 28.5 Å². The van der Waals surface area contributed by atoms with E-state index >= 15 is 0 Å². The molecule has 1 aromatic carbocycles. The molecule has 17 heavy (non-hydrogen) atoms. The summed E-state index contributed by atoms with van der Waals surface area (Å²) in [5.41, 5.74) is 6.86. The van der Waals surface area contributed by atoms with Crippen molar-refractivity contribution in [2.75, 3.05) is 5.73 Å². The Morgan fingerprint density at radius 2 is 1.94 bits per heavy atom. The summed E-state index contributed by atoms with van der Waals surface area (Å²) in [5.74, 6) is 0.455. The topological polar surface area (TPSA) is 67.6 Å². The number of para-hydroxylation sites is 1. The van der Waals surface area contributed by atoms with E-state index in [1.54, 1.807) is 12.4 Å². The van der Waals surface area contributed by atoms with Gasteiger partial charge >= 0.3 is 0 Å². The number of anilines is 1. The third-order valence-electron chi connectivity index (χ3n) is 2.40. The maximum atomic E-state index is 5.75.